The first-order chi connectivity index (χ1) is 11.4. The predicted octanol–water partition coefficient (Wildman–Crippen LogP) is 3.30. The fourth-order valence-electron chi connectivity index (χ4n) is 2.06. The molecule has 0 amide bonds. The molecule has 1 aliphatic heterocycles. The van der Waals surface area contributed by atoms with Gasteiger partial charge in [0, 0.05) is 16.7 Å². The van der Waals surface area contributed by atoms with Crippen molar-refractivity contribution < 1.29 is 24.2 Å². The first kappa shape index (κ1) is 18.1. The highest BCUT2D eigenvalue weighted by molar-refractivity contribution is 9.10. The smallest absolute Gasteiger partial charge is 0.355 e. The summed E-state index contributed by atoms with van der Waals surface area (Å²) < 4.78 is 10.0. The second-order valence-corrected chi connectivity index (χ2v) is 5.83. The van der Waals surface area contributed by atoms with Crippen molar-refractivity contribution in [2.45, 2.75) is 0 Å². The van der Waals surface area contributed by atoms with E-state index < -0.39 is 11.9 Å². The van der Waals surface area contributed by atoms with Gasteiger partial charge in [0.05, 0.1) is 30.5 Å². The van der Waals surface area contributed by atoms with Crippen molar-refractivity contribution >= 4 is 45.2 Å². The van der Waals surface area contributed by atoms with Gasteiger partial charge in [0.1, 0.15) is 11.4 Å². The van der Waals surface area contributed by atoms with Crippen molar-refractivity contribution in [3.05, 3.63) is 57.3 Å². The van der Waals surface area contributed by atoms with E-state index in [2.05, 4.69) is 15.9 Å². The lowest BCUT2D eigenvalue weighted by Crippen LogP contribution is -2.27. The van der Waals surface area contributed by atoms with Crippen LogP contribution in [0.15, 0.2) is 52.3 Å². The van der Waals surface area contributed by atoms with E-state index in [-0.39, 0.29) is 22.0 Å². The van der Waals surface area contributed by atoms with Gasteiger partial charge in [-0.25, -0.2) is 9.59 Å². The number of hydrogen-bond acceptors (Lipinski definition) is 6. The molecule has 2 rings (SSSR count). The molecule has 0 spiro atoms. The van der Waals surface area contributed by atoms with Crippen LogP contribution in [0, 0.1) is 0 Å². The van der Waals surface area contributed by atoms with E-state index in [1.165, 1.54) is 37.3 Å². The van der Waals surface area contributed by atoms with Crippen LogP contribution in [0.3, 0.4) is 0 Å². The number of aromatic hydroxyl groups is 1. The molecule has 0 radical (unpaired) electrons. The number of esters is 2. The molecular weight excluding hydrogens is 402 g/mol. The summed E-state index contributed by atoms with van der Waals surface area (Å²) in [7, 11) is 2.42. The number of benzene rings is 1. The highest BCUT2D eigenvalue weighted by Crippen LogP contribution is 2.38. The van der Waals surface area contributed by atoms with Gasteiger partial charge in [-0.05, 0) is 34.1 Å². The van der Waals surface area contributed by atoms with Crippen LogP contribution in [0.25, 0.3) is 0 Å². The zero-order valence-electron chi connectivity index (χ0n) is 12.7. The summed E-state index contributed by atoms with van der Waals surface area (Å²) in [6.07, 6.45) is 6.19. The van der Waals surface area contributed by atoms with Gasteiger partial charge >= 0.3 is 11.9 Å². The number of rotatable bonds is 3. The highest BCUT2D eigenvalue weighted by Gasteiger charge is 2.28. The quantitative estimate of drug-likeness (QED) is 0.765. The van der Waals surface area contributed by atoms with Gasteiger partial charge in [-0.15, -0.1) is 0 Å². The minimum absolute atomic E-state index is 0.00990. The first-order valence-corrected chi connectivity index (χ1v) is 7.80. The largest absolute Gasteiger partial charge is 0.506 e. The average molecular weight is 415 g/mol. The van der Waals surface area contributed by atoms with Gasteiger partial charge in [-0.1, -0.05) is 17.7 Å². The maximum Gasteiger partial charge on any atom is 0.355 e. The topological polar surface area (TPSA) is 76.1 Å². The van der Waals surface area contributed by atoms with Crippen LogP contribution in [0.5, 0.6) is 5.75 Å². The number of nitrogens with zero attached hydrogens (tertiary/aromatic N) is 1. The van der Waals surface area contributed by atoms with Gasteiger partial charge in [-0.3, -0.25) is 0 Å². The number of methoxy groups -OCH3 is 2. The van der Waals surface area contributed by atoms with Crippen molar-refractivity contribution in [2.75, 3.05) is 19.1 Å². The van der Waals surface area contributed by atoms with Crippen LogP contribution in [-0.4, -0.2) is 31.3 Å². The lowest BCUT2D eigenvalue weighted by atomic mass is 10.1. The molecule has 126 valence electrons. The predicted molar refractivity (Wildman–Crippen MR) is 92.6 cm³/mol. The standard InChI is InChI=1S/C16H13BrClNO5/c1-23-15(21)9-5-3-4-6-19(14(9)16(22)24-2)12-8-13(20)11(18)7-10(12)17/h3-8,20H,1-2H3. The Balaban J connectivity index is 2.72. The van der Waals surface area contributed by atoms with Crippen molar-refractivity contribution in [1.29, 1.82) is 0 Å². The Morgan fingerprint density at radius 2 is 1.83 bits per heavy atom. The maximum absolute atomic E-state index is 12.3. The molecule has 0 saturated carbocycles. The molecular formula is C16H13BrClNO5. The minimum atomic E-state index is -0.743. The Morgan fingerprint density at radius 3 is 2.46 bits per heavy atom. The number of phenolic OH excluding ortho intramolecular Hbond substituents is 1. The van der Waals surface area contributed by atoms with Crippen LogP contribution in [0.1, 0.15) is 0 Å². The molecule has 24 heavy (non-hydrogen) atoms. The maximum atomic E-state index is 12.3. The van der Waals surface area contributed by atoms with Crippen LogP contribution in [-0.2, 0) is 19.1 Å². The monoisotopic (exact) mass is 413 g/mol. The molecule has 1 aromatic carbocycles. The summed E-state index contributed by atoms with van der Waals surface area (Å²) in [6.45, 7) is 0. The minimum Gasteiger partial charge on any atom is -0.506 e. The highest BCUT2D eigenvalue weighted by atomic mass is 79.9. The lowest BCUT2D eigenvalue weighted by molar-refractivity contribution is -0.139. The van der Waals surface area contributed by atoms with Crippen LogP contribution in [0.2, 0.25) is 5.02 Å². The van der Waals surface area contributed by atoms with Gasteiger partial charge < -0.3 is 19.5 Å². The molecule has 0 aromatic heterocycles. The Morgan fingerprint density at radius 1 is 1.17 bits per heavy atom. The molecule has 1 aromatic rings. The Bertz CT molecular complexity index is 785. The SMILES string of the molecule is COC(=O)C1=C(C(=O)OC)N(c2cc(O)c(Cl)cc2Br)C=CC=C1. The number of halogens is 2. The molecule has 0 aliphatic carbocycles. The van der Waals surface area contributed by atoms with Gasteiger partial charge in [-0.2, -0.15) is 0 Å². The van der Waals surface area contributed by atoms with Gasteiger partial charge in [0.15, 0.2) is 0 Å². The van der Waals surface area contributed by atoms with Crippen molar-refractivity contribution in [2.24, 2.45) is 0 Å². The van der Waals surface area contributed by atoms with Crippen molar-refractivity contribution in [1.82, 2.24) is 0 Å². The zero-order valence-corrected chi connectivity index (χ0v) is 15.1. The van der Waals surface area contributed by atoms with E-state index >= 15 is 0 Å². The van der Waals surface area contributed by atoms with E-state index in [1.807, 2.05) is 0 Å². The summed E-state index contributed by atoms with van der Waals surface area (Å²) in [5.74, 6) is -1.62. The third-order valence-corrected chi connectivity index (χ3v) is 4.10. The number of phenols is 1. The Hall–Kier alpha value is -2.25. The number of anilines is 1. The molecule has 0 saturated heterocycles. The van der Waals surface area contributed by atoms with E-state index in [4.69, 9.17) is 21.1 Å². The zero-order chi connectivity index (χ0) is 17.9. The third-order valence-electron chi connectivity index (χ3n) is 3.17. The molecule has 1 aliphatic rings. The molecule has 6 nitrogen and oxygen atoms in total. The number of allylic oxidation sites excluding steroid dienone is 2. The Labute approximate surface area is 151 Å². The number of hydrogen-bond donors (Lipinski definition) is 1. The van der Waals surface area contributed by atoms with Gasteiger partial charge in [0.25, 0.3) is 0 Å². The summed E-state index contributed by atoms with van der Waals surface area (Å²) in [5.41, 5.74) is 0.339. The van der Waals surface area contributed by atoms with Crippen LogP contribution < -0.4 is 4.90 Å². The molecule has 0 fully saturated rings. The second-order valence-electron chi connectivity index (χ2n) is 4.57. The van der Waals surface area contributed by atoms with Crippen molar-refractivity contribution in [3.8, 4) is 5.75 Å². The average Bonchev–Trinajstić information content (AvgIpc) is 2.79. The van der Waals surface area contributed by atoms with Gasteiger partial charge in [0.2, 0.25) is 0 Å². The number of carbonyl (C=O) groups is 2. The Kier molecular flexibility index (Phi) is 5.69. The number of ether oxygens (including phenoxy) is 2. The molecule has 1 heterocycles. The van der Waals surface area contributed by atoms with E-state index in [0.717, 1.165) is 0 Å². The molecule has 0 atom stereocenters. The molecule has 8 heteroatoms. The third kappa shape index (κ3) is 3.47. The van der Waals surface area contributed by atoms with Crippen molar-refractivity contribution in [3.63, 3.8) is 0 Å². The fraction of sp³-hybridized carbons (Fsp3) is 0.125. The summed E-state index contributed by atoms with van der Waals surface area (Å²) in [6, 6.07) is 2.84. The molecule has 0 unspecified atom stereocenters. The summed E-state index contributed by atoms with van der Waals surface area (Å²) in [5, 5.41) is 10.0. The number of carbonyl (C=O) groups excluding carboxylic acids is 2. The summed E-state index contributed by atoms with van der Waals surface area (Å²) in [4.78, 5) is 25.8. The lowest BCUT2D eigenvalue weighted by Gasteiger charge is -2.24. The normalized spacial score (nSPS) is 13.8. The van der Waals surface area contributed by atoms with Crippen LogP contribution >= 0.6 is 27.5 Å². The molecule has 1 N–H and O–H groups in total. The molecule has 0 bridgehead atoms. The van der Waals surface area contributed by atoms with Crippen LogP contribution in [0.4, 0.5) is 5.69 Å². The second kappa shape index (κ2) is 7.55. The first-order valence-electron chi connectivity index (χ1n) is 6.63. The summed E-state index contributed by atoms with van der Waals surface area (Å²) >= 11 is 9.21. The van der Waals surface area contributed by atoms with E-state index in [1.54, 1.807) is 18.4 Å². The van der Waals surface area contributed by atoms with E-state index in [0.29, 0.717) is 10.2 Å². The van der Waals surface area contributed by atoms with E-state index in [9.17, 15) is 14.7 Å². The fourth-order valence-corrected chi connectivity index (χ4v) is 2.89.